The molecule has 0 aliphatic heterocycles. The molecule has 0 fully saturated rings. The standard InChI is InChI=1S/C28H28P2.2C14H7S.2Au/c1-5-15-25(16-6-1)29(26-17-7-2-8-18-26)23-13-14-24-30(27-19-9-3-10-20-27)28-21-11-4-12-22-28;2*1-2-10-7-8-12-11-5-3-4-6-13(11)15-14(12)9-10;;/h1-12,15-22H,13-14,23-24H2;2*3-9H;;/q;2*-1;2*+1/p+2. The van der Waals surface area contributed by atoms with Gasteiger partial charge >= 0.3 is 44.8 Å². The molecule has 10 rings (SSSR count). The van der Waals surface area contributed by atoms with Crippen LogP contribution < -0.4 is 21.2 Å². The minimum absolute atomic E-state index is 0. The van der Waals surface area contributed by atoms with E-state index in [9.17, 15) is 0 Å². The second-order valence-electron chi connectivity index (χ2n) is 14.5. The zero-order valence-corrected chi connectivity index (χ0v) is 41.8. The summed E-state index contributed by atoms with van der Waals surface area (Å²) in [5.74, 6) is 4.84. The SMILES string of the molecule is [Au+].[Au+].[C-]#Cc1ccc2c(c1)sc1ccccc12.[C-]#Cc1ccc2c(c1)sc1ccccc12.c1ccc([PH+](CCCC[PH+](c2ccccc2)c2ccccc2)c2ccccc2)cc1. The molecule has 0 radical (unpaired) electrons. The Morgan fingerprint density at radius 2 is 0.629 bits per heavy atom. The fourth-order valence-electron chi connectivity index (χ4n) is 7.68. The monoisotopic (exact) mass is 1240 g/mol. The van der Waals surface area contributed by atoms with Crippen molar-refractivity contribution >= 4 is 100 Å². The summed E-state index contributed by atoms with van der Waals surface area (Å²) < 4.78 is 5.06. The van der Waals surface area contributed by atoms with Crippen molar-refractivity contribution in [2.45, 2.75) is 12.8 Å². The van der Waals surface area contributed by atoms with Crippen LogP contribution in [-0.2, 0) is 44.8 Å². The number of benzene rings is 8. The van der Waals surface area contributed by atoms with Crippen LogP contribution >= 0.6 is 38.5 Å². The Morgan fingerprint density at radius 1 is 0.339 bits per heavy atom. The molecule has 8 aromatic carbocycles. The number of fused-ring (bicyclic) bond motifs is 6. The Bertz CT molecular complexity index is 2740. The molecule has 0 amide bonds. The predicted octanol–water partition coefficient (Wildman–Crippen LogP) is 13.5. The van der Waals surface area contributed by atoms with E-state index in [2.05, 4.69) is 194 Å². The summed E-state index contributed by atoms with van der Waals surface area (Å²) in [6.45, 7) is 0. The molecular formula is C56H44Au2P2S2+2. The Labute approximate surface area is 408 Å². The second kappa shape index (κ2) is 23.9. The second-order valence-corrected chi connectivity index (χ2v) is 21.9. The van der Waals surface area contributed by atoms with Gasteiger partial charge in [0.1, 0.15) is 0 Å². The quantitative estimate of drug-likeness (QED) is 0.0444. The summed E-state index contributed by atoms with van der Waals surface area (Å²) in [6.07, 6.45) is 19.4. The Balaban J connectivity index is 0.000000168. The van der Waals surface area contributed by atoms with Gasteiger partial charge in [0, 0.05) is 29.6 Å². The van der Waals surface area contributed by atoms with Crippen molar-refractivity contribution in [3.05, 3.63) is 230 Å². The summed E-state index contributed by atoms with van der Waals surface area (Å²) in [4.78, 5) is 0. The van der Waals surface area contributed by atoms with Gasteiger partial charge in [-0.2, -0.15) is 0 Å². The van der Waals surface area contributed by atoms with Gasteiger partial charge in [0.2, 0.25) is 0 Å². The van der Waals surface area contributed by atoms with E-state index in [0.29, 0.717) is 0 Å². The molecule has 0 bridgehead atoms. The van der Waals surface area contributed by atoms with Crippen LogP contribution in [0.4, 0.5) is 0 Å². The average Bonchev–Trinajstić information content (AvgIpc) is 3.89. The molecule has 0 saturated heterocycles. The van der Waals surface area contributed by atoms with Crippen molar-refractivity contribution in [2.24, 2.45) is 0 Å². The fraction of sp³-hybridized carbons (Fsp3) is 0.0714. The molecular weight excluding hydrogens is 1190 g/mol. The van der Waals surface area contributed by atoms with E-state index in [1.54, 1.807) is 22.7 Å². The molecule has 0 aliphatic rings. The van der Waals surface area contributed by atoms with Gasteiger partial charge in [-0.25, -0.2) is 0 Å². The van der Waals surface area contributed by atoms with Gasteiger partial charge < -0.3 is 12.8 Å². The Morgan fingerprint density at radius 3 is 0.952 bits per heavy atom. The van der Waals surface area contributed by atoms with Crippen molar-refractivity contribution in [3.63, 3.8) is 0 Å². The number of rotatable bonds is 9. The fourth-order valence-corrected chi connectivity index (χ4v) is 15.4. The largest absolute Gasteiger partial charge is 1.00 e. The van der Waals surface area contributed by atoms with Crippen LogP contribution in [0.1, 0.15) is 24.0 Å². The maximum Gasteiger partial charge on any atom is 1.00 e. The van der Waals surface area contributed by atoms with Gasteiger partial charge in [-0.1, -0.05) is 121 Å². The maximum absolute atomic E-state index is 7.11. The van der Waals surface area contributed by atoms with Gasteiger partial charge in [0.25, 0.3) is 0 Å². The van der Waals surface area contributed by atoms with E-state index in [-0.39, 0.29) is 44.8 Å². The molecule has 310 valence electrons. The topological polar surface area (TPSA) is 0 Å². The summed E-state index contributed by atoms with van der Waals surface area (Å²) in [5, 5.41) is 11.3. The molecule has 0 atom stereocenters. The van der Waals surface area contributed by atoms with Gasteiger partial charge in [0.05, 0.1) is 49.4 Å². The van der Waals surface area contributed by atoms with Crippen LogP contribution in [0.25, 0.3) is 40.3 Å². The van der Waals surface area contributed by atoms with Crippen molar-refractivity contribution in [1.82, 2.24) is 0 Å². The molecule has 0 nitrogen and oxygen atoms in total. The van der Waals surface area contributed by atoms with Gasteiger partial charge in [-0.15, -0.1) is 58.1 Å². The molecule has 10 aromatic rings. The first-order valence-corrected chi connectivity index (χ1v) is 25.3. The van der Waals surface area contributed by atoms with Crippen LogP contribution in [0.2, 0.25) is 0 Å². The van der Waals surface area contributed by atoms with Gasteiger partial charge in [0.15, 0.2) is 0 Å². The molecule has 0 saturated carbocycles. The first kappa shape index (κ1) is 47.1. The van der Waals surface area contributed by atoms with E-state index in [1.807, 2.05) is 24.3 Å². The third-order valence-electron chi connectivity index (χ3n) is 10.6. The number of unbranched alkanes of at least 4 members (excludes halogenated alkanes) is 1. The van der Waals surface area contributed by atoms with E-state index in [0.717, 1.165) is 11.1 Å². The van der Waals surface area contributed by atoms with Crippen LogP contribution in [0.5, 0.6) is 0 Å². The molecule has 2 heterocycles. The first-order valence-electron chi connectivity index (χ1n) is 20.3. The average molecular weight is 1240 g/mol. The van der Waals surface area contributed by atoms with Crippen molar-refractivity contribution in [2.75, 3.05) is 12.3 Å². The van der Waals surface area contributed by atoms with Crippen LogP contribution in [0.15, 0.2) is 206 Å². The number of hydrogen-bond acceptors (Lipinski definition) is 2. The third kappa shape index (κ3) is 11.8. The number of hydrogen-bond donors (Lipinski definition) is 0. The zero-order valence-electron chi connectivity index (χ0n) is 33.9. The molecule has 2 aromatic heterocycles. The zero-order chi connectivity index (χ0) is 40.9. The smallest absolute Gasteiger partial charge is 0.366 e. The summed E-state index contributed by atoms with van der Waals surface area (Å²) in [5.41, 5.74) is 1.68. The first-order chi connectivity index (χ1) is 29.7. The molecule has 0 unspecified atom stereocenters. The van der Waals surface area contributed by atoms with Crippen molar-refractivity contribution in [3.8, 4) is 11.8 Å². The van der Waals surface area contributed by atoms with E-state index in [4.69, 9.17) is 12.8 Å². The molecule has 0 N–H and O–H groups in total. The summed E-state index contributed by atoms with van der Waals surface area (Å²) in [7, 11) is -1.43. The van der Waals surface area contributed by atoms with Crippen LogP contribution in [0, 0.1) is 24.7 Å². The maximum atomic E-state index is 7.11. The van der Waals surface area contributed by atoms with E-state index < -0.39 is 15.8 Å². The van der Waals surface area contributed by atoms with E-state index >= 15 is 0 Å². The van der Waals surface area contributed by atoms with Gasteiger partial charge in [-0.3, -0.25) is 11.8 Å². The Kier molecular flexibility index (Phi) is 18.2. The van der Waals surface area contributed by atoms with Crippen LogP contribution in [0.3, 0.4) is 0 Å². The molecule has 62 heavy (non-hydrogen) atoms. The Hall–Kier alpha value is -4.34. The van der Waals surface area contributed by atoms with Crippen molar-refractivity contribution in [1.29, 1.82) is 0 Å². The third-order valence-corrected chi connectivity index (χ3v) is 18.7. The van der Waals surface area contributed by atoms with Crippen molar-refractivity contribution < 1.29 is 44.8 Å². The number of thiophene rings is 2. The molecule has 6 heteroatoms. The van der Waals surface area contributed by atoms with Crippen LogP contribution in [-0.4, -0.2) is 12.3 Å². The van der Waals surface area contributed by atoms with E-state index in [1.165, 1.54) is 86.7 Å². The minimum Gasteiger partial charge on any atom is -0.366 e. The summed E-state index contributed by atoms with van der Waals surface area (Å²) in [6, 6.07) is 73.5. The molecule has 0 aliphatic carbocycles. The molecule has 0 spiro atoms. The van der Waals surface area contributed by atoms with Gasteiger partial charge in [-0.05, 0) is 84.3 Å². The normalized spacial score (nSPS) is 10.5. The predicted molar refractivity (Wildman–Crippen MR) is 271 cm³/mol. The summed E-state index contributed by atoms with van der Waals surface area (Å²) >= 11 is 3.54. The minimum atomic E-state index is -0.714.